The van der Waals surface area contributed by atoms with Gasteiger partial charge in [0.15, 0.2) is 4.80 Å². The molecule has 0 radical (unpaired) electrons. The second kappa shape index (κ2) is 5.78. The number of carbonyl (C=O) groups is 1. The monoisotopic (exact) mass is 313 g/mol. The van der Waals surface area contributed by atoms with Crippen LogP contribution in [0.3, 0.4) is 0 Å². The third-order valence-electron chi connectivity index (χ3n) is 3.67. The van der Waals surface area contributed by atoms with Gasteiger partial charge in [-0.15, -0.1) is 0 Å². The van der Waals surface area contributed by atoms with Gasteiger partial charge in [0.05, 0.1) is 17.3 Å². The van der Waals surface area contributed by atoms with Crippen LogP contribution in [0.15, 0.2) is 29.4 Å². The van der Waals surface area contributed by atoms with E-state index in [4.69, 9.17) is 5.11 Å². The van der Waals surface area contributed by atoms with E-state index in [9.17, 15) is 10.1 Å². The number of aromatic nitrogens is 1. The number of hydrogen-bond donors (Lipinski definition) is 1. The lowest BCUT2D eigenvalue weighted by molar-refractivity contribution is 0.0701. The highest BCUT2D eigenvalue weighted by atomic mass is 32.1. The number of aromatic carboxylic acids is 1. The zero-order valence-electron chi connectivity index (χ0n) is 12.1. The standard InChI is InChI=1S/C16H15N3O2S/c1-2-19-9-14(15(20)21)22-16(19)18-12-6-5-11(8-17)13(7-12)10-3-4-10/h5-7,9-10H,2-4H2,1H3,(H,20,21). The van der Waals surface area contributed by atoms with Gasteiger partial charge in [-0.3, -0.25) is 0 Å². The molecule has 0 spiro atoms. The molecule has 1 aromatic heterocycles. The summed E-state index contributed by atoms with van der Waals surface area (Å²) in [5.74, 6) is -0.465. The molecular weight excluding hydrogens is 298 g/mol. The summed E-state index contributed by atoms with van der Waals surface area (Å²) >= 11 is 1.16. The fourth-order valence-corrected chi connectivity index (χ4v) is 3.27. The summed E-state index contributed by atoms with van der Waals surface area (Å²) in [6.07, 6.45) is 3.85. The number of nitriles is 1. The van der Waals surface area contributed by atoms with Crippen LogP contribution >= 0.6 is 11.3 Å². The molecular formula is C16H15N3O2S. The third-order valence-corrected chi connectivity index (χ3v) is 4.68. The van der Waals surface area contributed by atoms with Crippen molar-refractivity contribution < 1.29 is 9.90 Å². The number of aryl methyl sites for hydroxylation is 1. The van der Waals surface area contributed by atoms with Gasteiger partial charge in [0, 0.05) is 12.7 Å². The zero-order chi connectivity index (χ0) is 15.7. The van der Waals surface area contributed by atoms with Crippen molar-refractivity contribution in [3.63, 3.8) is 0 Å². The van der Waals surface area contributed by atoms with Crippen molar-refractivity contribution in [1.29, 1.82) is 5.26 Å². The largest absolute Gasteiger partial charge is 0.477 e. The highest BCUT2D eigenvalue weighted by Crippen LogP contribution is 2.42. The lowest BCUT2D eigenvalue weighted by Gasteiger charge is -2.03. The van der Waals surface area contributed by atoms with Crippen molar-refractivity contribution in [3.8, 4) is 6.07 Å². The predicted molar refractivity (Wildman–Crippen MR) is 83.3 cm³/mol. The number of rotatable bonds is 4. The molecule has 1 fully saturated rings. The summed E-state index contributed by atoms with van der Waals surface area (Å²) in [6.45, 7) is 2.61. The zero-order valence-corrected chi connectivity index (χ0v) is 12.9. The fourth-order valence-electron chi connectivity index (χ4n) is 2.36. The van der Waals surface area contributed by atoms with Crippen molar-refractivity contribution in [2.45, 2.75) is 32.2 Å². The Morgan fingerprint density at radius 3 is 2.91 bits per heavy atom. The van der Waals surface area contributed by atoms with Gasteiger partial charge in [0.25, 0.3) is 0 Å². The summed E-state index contributed by atoms with van der Waals surface area (Å²) < 4.78 is 1.82. The third kappa shape index (κ3) is 2.81. The number of benzene rings is 1. The highest BCUT2D eigenvalue weighted by molar-refractivity contribution is 7.11. The van der Waals surface area contributed by atoms with Crippen molar-refractivity contribution >= 4 is 23.0 Å². The normalized spacial score (nSPS) is 14.8. The van der Waals surface area contributed by atoms with E-state index < -0.39 is 5.97 Å². The number of thiazole rings is 1. The number of hydrogen-bond acceptors (Lipinski definition) is 4. The van der Waals surface area contributed by atoms with E-state index in [0.717, 1.165) is 35.4 Å². The minimum Gasteiger partial charge on any atom is -0.477 e. The van der Waals surface area contributed by atoms with Gasteiger partial charge < -0.3 is 9.67 Å². The Bertz CT molecular complexity index is 838. The summed E-state index contributed by atoms with van der Waals surface area (Å²) in [5, 5.41) is 18.3. The Balaban J connectivity index is 2.07. The first-order valence-corrected chi connectivity index (χ1v) is 7.96. The molecule has 1 heterocycles. The van der Waals surface area contributed by atoms with Crippen molar-refractivity contribution in [1.82, 2.24) is 4.57 Å². The Morgan fingerprint density at radius 1 is 1.55 bits per heavy atom. The molecule has 1 N–H and O–H groups in total. The van der Waals surface area contributed by atoms with Crippen LogP contribution in [0.4, 0.5) is 5.69 Å². The second-order valence-corrected chi connectivity index (χ2v) is 6.25. The van der Waals surface area contributed by atoms with E-state index in [1.807, 2.05) is 23.6 Å². The maximum Gasteiger partial charge on any atom is 0.347 e. The molecule has 0 saturated heterocycles. The highest BCUT2D eigenvalue weighted by Gasteiger charge is 2.26. The van der Waals surface area contributed by atoms with Crippen LogP contribution in [0.2, 0.25) is 0 Å². The predicted octanol–water partition coefficient (Wildman–Crippen LogP) is 3.25. The van der Waals surface area contributed by atoms with Crippen LogP contribution in [-0.4, -0.2) is 15.6 Å². The van der Waals surface area contributed by atoms with Gasteiger partial charge in [0.2, 0.25) is 0 Å². The molecule has 6 heteroatoms. The van der Waals surface area contributed by atoms with E-state index in [-0.39, 0.29) is 4.88 Å². The molecule has 1 aromatic carbocycles. The molecule has 0 atom stereocenters. The van der Waals surface area contributed by atoms with E-state index >= 15 is 0 Å². The summed E-state index contributed by atoms with van der Waals surface area (Å²) in [4.78, 5) is 16.6. The van der Waals surface area contributed by atoms with Crippen LogP contribution in [-0.2, 0) is 6.54 Å². The second-order valence-electron chi connectivity index (χ2n) is 5.24. The average Bonchev–Trinajstić information content (AvgIpc) is 3.28. The molecule has 0 unspecified atom stereocenters. The molecule has 22 heavy (non-hydrogen) atoms. The van der Waals surface area contributed by atoms with E-state index in [1.54, 1.807) is 12.3 Å². The maximum absolute atomic E-state index is 11.1. The van der Waals surface area contributed by atoms with E-state index in [2.05, 4.69) is 11.1 Å². The minimum atomic E-state index is -0.938. The van der Waals surface area contributed by atoms with Crippen LogP contribution in [0, 0.1) is 11.3 Å². The van der Waals surface area contributed by atoms with Crippen LogP contribution in [0.25, 0.3) is 0 Å². The summed E-state index contributed by atoms with van der Waals surface area (Å²) in [7, 11) is 0. The van der Waals surface area contributed by atoms with Crippen LogP contribution in [0.1, 0.15) is 46.5 Å². The number of carboxylic acid groups (broad SMARTS) is 1. The van der Waals surface area contributed by atoms with E-state index in [0.29, 0.717) is 22.8 Å². The lowest BCUT2D eigenvalue weighted by Crippen LogP contribution is -2.11. The number of carboxylic acids is 1. The molecule has 0 amide bonds. The summed E-state index contributed by atoms with van der Waals surface area (Å²) in [5.41, 5.74) is 2.53. The Labute approximate surface area is 131 Å². The van der Waals surface area contributed by atoms with Crippen LogP contribution in [0.5, 0.6) is 0 Å². The van der Waals surface area contributed by atoms with E-state index in [1.165, 1.54) is 0 Å². The molecule has 112 valence electrons. The average molecular weight is 313 g/mol. The summed E-state index contributed by atoms with van der Waals surface area (Å²) in [6, 6.07) is 7.79. The fraction of sp³-hybridized carbons (Fsp3) is 0.312. The Kier molecular flexibility index (Phi) is 3.82. The Morgan fingerprint density at radius 2 is 2.32 bits per heavy atom. The molecule has 5 nitrogen and oxygen atoms in total. The first kappa shape index (κ1) is 14.5. The topological polar surface area (TPSA) is 78.4 Å². The minimum absolute atomic E-state index is 0.275. The SMILES string of the molecule is CCn1cc(C(=O)O)sc1=Nc1ccc(C#N)c(C2CC2)c1. The quantitative estimate of drug-likeness (QED) is 0.941. The van der Waals surface area contributed by atoms with Gasteiger partial charge in [-0.2, -0.15) is 5.26 Å². The molecule has 2 aromatic rings. The molecule has 1 aliphatic carbocycles. The molecule has 1 saturated carbocycles. The van der Waals surface area contributed by atoms with Gasteiger partial charge in [-0.25, -0.2) is 9.79 Å². The van der Waals surface area contributed by atoms with Gasteiger partial charge in [-0.05, 0) is 49.4 Å². The lowest BCUT2D eigenvalue weighted by atomic mass is 10.0. The first-order valence-electron chi connectivity index (χ1n) is 7.14. The van der Waals surface area contributed by atoms with Crippen molar-refractivity contribution in [2.75, 3.05) is 0 Å². The molecule has 1 aliphatic rings. The molecule has 0 bridgehead atoms. The smallest absolute Gasteiger partial charge is 0.347 e. The molecule has 0 aliphatic heterocycles. The van der Waals surface area contributed by atoms with Crippen molar-refractivity contribution in [3.05, 3.63) is 45.2 Å². The van der Waals surface area contributed by atoms with Gasteiger partial charge >= 0.3 is 5.97 Å². The van der Waals surface area contributed by atoms with Crippen molar-refractivity contribution in [2.24, 2.45) is 4.99 Å². The first-order chi connectivity index (χ1) is 10.6. The van der Waals surface area contributed by atoms with Gasteiger partial charge in [0.1, 0.15) is 4.88 Å². The maximum atomic E-state index is 11.1. The van der Waals surface area contributed by atoms with Gasteiger partial charge in [-0.1, -0.05) is 11.3 Å². The van der Waals surface area contributed by atoms with Crippen LogP contribution < -0.4 is 4.80 Å². The number of nitrogens with zero attached hydrogens (tertiary/aromatic N) is 3. The molecule has 3 rings (SSSR count). The Hall–Kier alpha value is -2.39.